The van der Waals surface area contributed by atoms with Crippen LogP contribution in [-0.4, -0.2) is 0 Å². The molecule has 0 atom stereocenters. The zero-order valence-corrected chi connectivity index (χ0v) is 11.5. The third kappa shape index (κ3) is 1.42. The highest BCUT2D eigenvalue weighted by atomic mass is 32.1. The van der Waals surface area contributed by atoms with Crippen LogP contribution in [0.4, 0.5) is 0 Å². The van der Waals surface area contributed by atoms with Crippen LogP contribution in [0.5, 0.6) is 0 Å². The molecule has 2 aromatic carbocycles. The van der Waals surface area contributed by atoms with Crippen LogP contribution in [0.2, 0.25) is 0 Å². The van der Waals surface area contributed by atoms with Crippen molar-refractivity contribution in [1.82, 2.24) is 0 Å². The third-order valence-corrected chi connectivity index (χ3v) is 5.31. The van der Waals surface area contributed by atoms with Gasteiger partial charge in [0, 0.05) is 20.2 Å². The van der Waals surface area contributed by atoms with Crippen LogP contribution in [0, 0.1) is 27.7 Å². The Balaban J connectivity index is 2.58. The minimum absolute atomic E-state index is 1.39. The summed E-state index contributed by atoms with van der Waals surface area (Å²) in [6, 6.07) is 9.01. The van der Waals surface area contributed by atoms with Gasteiger partial charge in [0.05, 0.1) is 0 Å². The van der Waals surface area contributed by atoms with Crippen molar-refractivity contribution in [3.63, 3.8) is 0 Å². The van der Waals surface area contributed by atoms with E-state index in [0.717, 1.165) is 0 Å². The number of thiophene rings is 1. The molecule has 0 fully saturated rings. The van der Waals surface area contributed by atoms with Crippen molar-refractivity contribution < 1.29 is 0 Å². The highest BCUT2D eigenvalue weighted by Crippen LogP contribution is 2.39. The lowest BCUT2D eigenvalue weighted by Crippen LogP contribution is -1.80. The van der Waals surface area contributed by atoms with Crippen molar-refractivity contribution in [2.75, 3.05) is 0 Å². The molecule has 17 heavy (non-hydrogen) atoms. The van der Waals surface area contributed by atoms with Crippen LogP contribution in [0.25, 0.3) is 20.2 Å². The Labute approximate surface area is 106 Å². The first kappa shape index (κ1) is 10.8. The number of rotatable bonds is 0. The van der Waals surface area contributed by atoms with Gasteiger partial charge in [0.25, 0.3) is 0 Å². The van der Waals surface area contributed by atoms with E-state index in [-0.39, 0.29) is 0 Å². The van der Waals surface area contributed by atoms with E-state index in [1.54, 1.807) is 0 Å². The van der Waals surface area contributed by atoms with Gasteiger partial charge >= 0.3 is 0 Å². The summed E-state index contributed by atoms with van der Waals surface area (Å²) in [5.41, 5.74) is 5.64. The molecule has 0 nitrogen and oxygen atoms in total. The van der Waals surface area contributed by atoms with Gasteiger partial charge in [-0.3, -0.25) is 0 Å². The zero-order valence-electron chi connectivity index (χ0n) is 10.7. The van der Waals surface area contributed by atoms with Crippen molar-refractivity contribution >= 4 is 31.5 Å². The van der Waals surface area contributed by atoms with Gasteiger partial charge in [0.1, 0.15) is 0 Å². The minimum Gasteiger partial charge on any atom is -0.135 e. The monoisotopic (exact) mass is 240 g/mol. The van der Waals surface area contributed by atoms with Crippen molar-refractivity contribution in [3.05, 3.63) is 46.5 Å². The highest BCUT2D eigenvalue weighted by molar-refractivity contribution is 7.26. The molecule has 0 saturated carbocycles. The van der Waals surface area contributed by atoms with Gasteiger partial charge in [-0.2, -0.15) is 0 Å². The topological polar surface area (TPSA) is 0 Å². The van der Waals surface area contributed by atoms with Crippen LogP contribution < -0.4 is 0 Å². The van der Waals surface area contributed by atoms with E-state index in [1.165, 1.54) is 42.4 Å². The summed E-state index contributed by atoms with van der Waals surface area (Å²) in [5.74, 6) is 0. The average molecular weight is 240 g/mol. The molecule has 3 aromatic rings. The third-order valence-electron chi connectivity index (χ3n) is 3.85. The maximum atomic E-state index is 2.27. The number of hydrogen-bond acceptors (Lipinski definition) is 1. The SMILES string of the molecule is Cc1ccc2c(sc3c(C)c(C)ccc32)c1C. The van der Waals surface area contributed by atoms with E-state index in [0.29, 0.717) is 0 Å². The maximum Gasteiger partial charge on any atom is 0.0387 e. The maximum absolute atomic E-state index is 2.27. The van der Waals surface area contributed by atoms with Crippen molar-refractivity contribution in [2.45, 2.75) is 27.7 Å². The lowest BCUT2D eigenvalue weighted by Gasteiger charge is -2.01. The first-order valence-corrected chi connectivity index (χ1v) is 6.80. The van der Waals surface area contributed by atoms with Crippen molar-refractivity contribution in [1.29, 1.82) is 0 Å². The van der Waals surface area contributed by atoms with Gasteiger partial charge in [0.2, 0.25) is 0 Å². The van der Waals surface area contributed by atoms with Gasteiger partial charge < -0.3 is 0 Å². The number of aryl methyl sites for hydroxylation is 4. The molecule has 1 aromatic heterocycles. The highest BCUT2D eigenvalue weighted by Gasteiger charge is 2.10. The first-order chi connectivity index (χ1) is 8.09. The Morgan fingerprint density at radius 2 is 1.06 bits per heavy atom. The summed E-state index contributed by atoms with van der Waals surface area (Å²) in [6.45, 7) is 8.85. The number of benzene rings is 2. The lowest BCUT2D eigenvalue weighted by atomic mass is 10.0. The molecule has 1 heteroatoms. The Hall–Kier alpha value is -1.34. The molecule has 0 radical (unpaired) electrons. The Kier molecular flexibility index (Phi) is 2.27. The van der Waals surface area contributed by atoms with E-state index in [1.807, 2.05) is 11.3 Å². The van der Waals surface area contributed by atoms with E-state index in [9.17, 15) is 0 Å². The van der Waals surface area contributed by atoms with Crippen molar-refractivity contribution in [3.8, 4) is 0 Å². The molecule has 0 spiro atoms. The van der Waals surface area contributed by atoms with Crippen LogP contribution >= 0.6 is 11.3 Å². The molecule has 0 N–H and O–H groups in total. The molecule has 86 valence electrons. The second kappa shape index (κ2) is 3.58. The van der Waals surface area contributed by atoms with Crippen LogP contribution in [0.3, 0.4) is 0 Å². The molecule has 0 aliphatic heterocycles. The molecule has 1 heterocycles. The van der Waals surface area contributed by atoms with Gasteiger partial charge in [-0.1, -0.05) is 24.3 Å². The second-order valence-electron chi connectivity index (χ2n) is 4.87. The molecular formula is C16H16S. The van der Waals surface area contributed by atoms with Crippen LogP contribution in [-0.2, 0) is 0 Å². The van der Waals surface area contributed by atoms with Gasteiger partial charge in [-0.05, 0) is 49.9 Å². The molecule has 0 aliphatic carbocycles. The van der Waals surface area contributed by atoms with E-state index in [2.05, 4.69) is 52.0 Å². The first-order valence-electron chi connectivity index (χ1n) is 5.98. The second-order valence-corrected chi connectivity index (χ2v) is 5.89. The van der Waals surface area contributed by atoms with Gasteiger partial charge in [-0.25, -0.2) is 0 Å². The fourth-order valence-electron chi connectivity index (χ4n) is 2.37. The zero-order chi connectivity index (χ0) is 12.2. The Morgan fingerprint density at radius 3 is 1.47 bits per heavy atom. The molecule has 0 unspecified atom stereocenters. The Morgan fingerprint density at radius 1 is 0.647 bits per heavy atom. The van der Waals surface area contributed by atoms with E-state index < -0.39 is 0 Å². The van der Waals surface area contributed by atoms with Gasteiger partial charge in [-0.15, -0.1) is 11.3 Å². The summed E-state index contributed by atoms with van der Waals surface area (Å²) in [4.78, 5) is 0. The fourth-order valence-corrected chi connectivity index (χ4v) is 3.78. The van der Waals surface area contributed by atoms with Crippen molar-refractivity contribution in [2.24, 2.45) is 0 Å². The van der Waals surface area contributed by atoms with Crippen LogP contribution in [0.15, 0.2) is 24.3 Å². The van der Waals surface area contributed by atoms with Gasteiger partial charge in [0.15, 0.2) is 0 Å². The standard InChI is InChI=1S/C16H16S/c1-9-5-7-13-14-8-6-10(2)12(4)16(14)17-15(13)11(9)3/h5-8H,1-4H3. The largest absolute Gasteiger partial charge is 0.135 e. The molecule has 0 aliphatic rings. The molecule has 3 rings (SSSR count). The lowest BCUT2D eigenvalue weighted by molar-refractivity contribution is 1.39. The van der Waals surface area contributed by atoms with Crippen LogP contribution in [0.1, 0.15) is 22.3 Å². The number of fused-ring (bicyclic) bond motifs is 3. The predicted octanol–water partition coefficient (Wildman–Crippen LogP) is 5.29. The Bertz CT molecular complexity index is 670. The summed E-state index contributed by atoms with van der Waals surface area (Å²) < 4.78 is 2.90. The molecule has 0 amide bonds. The summed E-state index contributed by atoms with van der Waals surface area (Å²) >= 11 is 1.94. The van der Waals surface area contributed by atoms with E-state index >= 15 is 0 Å². The smallest absolute Gasteiger partial charge is 0.0387 e. The quantitative estimate of drug-likeness (QED) is 0.501. The summed E-state index contributed by atoms with van der Waals surface area (Å²) in [5, 5.41) is 2.83. The summed E-state index contributed by atoms with van der Waals surface area (Å²) in [7, 11) is 0. The summed E-state index contributed by atoms with van der Waals surface area (Å²) in [6.07, 6.45) is 0. The number of hydrogen-bond donors (Lipinski definition) is 0. The molecule has 0 bridgehead atoms. The normalized spacial score (nSPS) is 11.5. The average Bonchev–Trinajstić information content (AvgIpc) is 2.69. The predicted molar refractivity (Wildman–Crippen MR) is 78.3 cm³/mol. The minimum atomic E-state index is 1.39. The molecule has 0 saturated heterocycles. The molecular weight excluding hydrogens is 224 g/mol. The fraction of sp³-hybridized carbons (Fsp3) is 0.250. The van der Waals surface area contributed by atoms with E-state index in [4.69, 9.17) is 0 Å².